The normalized spacial score (nSPS) is 10.4. The standard InChI is InChI=1S/C13H13ClO3/c1-8-7-17-13(12(8)14)9-4-5-10(15-2)11(6-9)16-3/h4-7H,1-3H3. The molecule has 0 amide bonds. The van der Waals surface area contributed by atoms with Crippen molar-refractivity contribution in [2.45, 2.75) is 6.92 Å². The molecule has 1 aromatic carbocycles. The lowest BCUT2D eigenvalue weighted by Crippen LogP contribution is -1.90. The molecule has 0 saturated heterocycles. The van der Waals surface area contributed by atoms with Crippen molar-refractivity contribution >= 4 is 11.6 Å². The quantitative estimate of drug-likeness (QED) is 0.830. The number of rotatable bonds is 3. The van der Waals surface area contributed by atoms with Gasteiger partial charge in [0.05, 0.1) is 25.5 Å². The Kier molecular flexibility index (Phi) is 3.29. The van der Waals surface area contributed by atoms with Gasteiger partial charge in [0.25, 0.3) is 0 Å². The minimum Gasteiger partial charge on any atom is -0.493 e. The maximum Gasteiger partial charge on any atom is 0.161 e. The van der Waals surface area contributed by atoms with Gasteiger partial charge in [0.15, 0.2) is 17.3 Å². The second-order valence-corrected chi connectivity index (χ2v) is 4.01. The first-order chi connectivity index (χ1) is 8.17. The Morgan fingerprint density at radius 3 is 2.35 bits per heavy atom. The van der Waals surface area contributed by atoms with Crippen LogP contribution in [0.3, 0.4) is 0 Å². The Bertz CT molecular complexity index is 531. The molecule has 0 saturated carbocycles. The van der Waals surface area contributed by atoms with Crippen LogP contribution in [0.25, 0.3) is 11.3 Å². The van der Waals surface area contributed by atoms with Gasteiger partial charge in [0.2, 0.25) is 0 Å². The van der Waals surface area contributed by atoms with Crippen molar-refractivity contribution in [1.29, 1.82) is 0 Å². The number of benzene rings is 1. The molecule has 0 N–H and O–H groups in total. The lowest BCUT2D eigenvalue weighted by Gasteiger charge is -2.08. The lowest BCUT2D eigenvalue weighted by molar-refractivity contribution is 0.355. The Hall–Kier alpha value is -1.61. The summed E-state index contributed by atoms with van der Waals surface area (Å²) in [5.41, 5.74) is 1.78. The number of furan rings is 1. The van der Waals surface area contributed by atoms with Crippen LogP contribution in [0.15, 0.2) is 28.9 Å². The van der Waals surface area contributed by atoms with E-state index in [1.807, 2.05) is 25.1 Å². The van der Waals surface area contributed by atoms with Crippen molar-refractivity contribution in [1.82, 2.24) is 0 Å². The van der Waals surface area contributed by atoms with E-state index in [2.05, 4.69) is 0 Å². The third-order valence-corrected chi connectivity index (χ3v) is 3.01. The molecule has 0 aliphatic rings. The van der Waals surface area contributed by atoms with Crippen molar-refractivity contribution in [2.75, 3.05) is 14.2 Å². The molecule has 0 spiro atoms. The maximum absolute atomic E-state index is 6.15. The first kappa shape index (κ1) is 11.9. The second-order valence-electron chi connectivity index (χ2n) is 3.63. The van der Waals surface area contributed by atoms with Gasteiger partial charge >= 0.3 is 0 Å². The molecule has 0 radical (unpaired) electrons. The van der Waals surface area contributed by atoms with Crippen LogP contribution in [0.2, 0.25) is 5.02 Å². The molecule has 0 bridgehead atoms. The second kappa shape index (κ2) is 4.72. The Morgan fingerprint density at radius 1 is 1.12 bits per heavy atom. The van der Waals surface area contributed by atoms with E-state index in [1.54, 1.807) is 20.5 Å². The van der Waals surface area contributed by atoms with Crippen molar-refractivity contribution in [3.63, 3.8) is 0 Å². The van der Waals surface area contributed by atoms with Crippen LogP contribution < -0.4 is 9.47 Å². The zero-order valence-corrected chi connectivity index (χ0v) is 10.7. The molecule has 0 fully saturated rings. The highest BCUT2D eigenvalue weighted by Gasteiger charge is 2.13. The summed E-state index contributed by atoms with van der Waals surface area (Å²) in [7, 11) is 3.19. The maximum atomic E-state index is 6.15. The van der Waals surface area contributed by atoms with Crippen LogP contribution in [-0.2, 0) is 0 Å². The fraction of sp³-hybridized carbons (Fsp3) is 0.231. The van der Waals surface area contributed by atoms with Crippen LogP contribution in [0.1, 0.15) is 5.56 Å². The summed E-state index contributed by atoms with van der Waals surface area (Å²) < 4.78 is 15.8. The van der Waals surface area contributed by atoms with E-state index in [1.165, 1.54) is 0 Å². The highest BCUT2D eigenvalue weighted by Crippen LogP contribution is 2.37. The van der Waals surface area contributed by atoms with Crippen molar-refractivity contribution in [2.24, 2.45) is 0 Å². The van der Waals surface area contributed by atoms with Crippen LogP contribution in [0.4, 0.5) is 0 Å². The van der Waals surface area contributed by atoms with E-state index in [-0.39, 0.29) is 0 Å². The van der Waals surface area contributed by atoms with E-state index in [0.29, 0.717) is 22.3 Å². The van der Waals surface area contributed by atoms with E-state index < -0.39 is 0 Å². The van der Waals surface area contributed by atoms with Crippen LogP contribution >= 0.6 is 11.6 Å². The summed E-state index contributed by atoms with van der Waals surface area (Å²) in [4.78, 5) is 0. The summed E-state index contributed by atoms with van der Waals surface area (Å²) in [5.74, 6) is 1.97. The monoisotopic (exact) mass is 252 g/mol. The highest BCUT2D eigenvalue weighted by molar-refractivity contribution is 6.33. The Labute approximate surface area is 105 Å². The molecule has 0 atom stereocenters. The third kappa shape index (κ3) is 2.11. The van der Waals surface area contributed by atoms with Gasteiger partial charge in [-0.1, -0.05) is 11.6 Å². The molecule has 1 aromatic heterocycles. The Morgan fingerprint density at radius 2 is 1.82 bits per heavy atom. The summed E-state index contributed by atoms with van der Waals surface area (Å²) in [6.45, 7) is 1.90. The molecule has 17 heavy (non-hydrogen) atoms. The summed E-state index contributed by atoms with van der Waals surface area (Å²) in [6.07, 6.45) is 1.63. The number of halogens is 1. The first-order valence-electron chi connectivity index (χ1n) is 5.13. The van der Waals surface area contributed by atoms with Gasteiger partial charge in [-0.15, -0.1) is 0 Å². The fourth-order valence-electron chi connectivity index (χ4n) is 1.60. The van der Waals surface area contributed by atoms with E-state index in [0.717, 1.165) is 11.1 Å². The Balaban J connectivity index is 2.50. The molecule has 90 valence electrons. The highest BCUT2D eigenvalue weighted by atomic mass is 35.5. The molecule has 3 nitrogen and oxygen atoms in total. The molecule has 0 aliphatic heterocycles. The molecular weight excluding hydrogens is 240 g/mol. The van der Waals surface area contributed by atoms with Gasteiger partial charge in [-0.2, -0.15) is 0 Å². The number of methoxy groups -OCH3 is 2. The van der Waals surface area contributed by atoms with E-state index in [4.69, 9.17) is 25.5 Å². The topological polar surface area (TPSA) is 31.6 Å². The summed E-state index contributed by atoms with van der Waals surface area (Å²) in [5, 5.41) is 0.622. The third-order valence-electron chi connectivity index (χ3n) is 2.54. The number of ether oxygens (including phenoxy) is 2. The van der Waals surface area contributed by atoms with Crippen LogP contribution in [-0.4, -0.2) is 14.2 Å². The molecular formula is C13H13ClO3. The fourth-order valence-corrected chi connectivity index (χ4v) is 1.80. The van der Waals surface area contributed by atoms with Gasteiger partial charge < -0.3 is 13.9 Å². The predicted octanol–water partition coefficient (Wildman–Crippen LogP) is 3.93. The van der Waals surface area contributed by atoms with Crippen molar-refractivity contribution < 1.29 is 13.9 Å². The minimum atomic E-state index is 0.622. The number of hydrogen-bond donors (Lipinski definition) is 0. The summed E-state index contributed by atoms with van der Waals surface area (Å²) >= 11 is 6.15. The minimum absolute atomic E-state index is 0.622. The summed E-state index contributed by atoms with van der Waals surface area (Å²) in [6, 6.07) is 5.54. The lowest BCUT2D eigenvalue weighted by atomic mass is 10.1. The van der Waals surface area contributed by atoms with E-state index in [9.17, 15) is 0 Å². The molecule has 1 heterocycles. The molecule has 4 heteroatoms. The van der Waals surface area contributed by atoms with Crippen molar-refractivity contribution in [3.05, 3.63) is 35.0 Å². The zero-order chi connectivity index (χ0) is 12.4. The van der Waals surface area contributed by atoms with Gasteiger partial charge in [0, 0.05) is 11.1 Å². The van der Waals surface area contributed by atoms with Gasteiger partial charge in [-0.25, -0.2) is 0 Å². The largest absolute Gasteiger partial charge is 0.493 e. The first-order valence-corrected chi connectivity index (χ1v) is 5.51. The smallest absolute Gasteiger partial charge is 0.161 e. The van der Waals surface area contributed by atoms with E-state index >= 15 is 0 Å². The predicted molar refractivity (Wildman–Crippen MR) is 67.0 cm³/mol. The molecule has 0 aliphatic carbocycles. The number of aryl methyl sites for hydroxylation is 1. The van der Waals surface area contributed by atoms with Gasteiger partial charge in [0.1, 0.15) is 0 Å². The molecule has 2 rings (SSSR count). The SMILES string of the molecule is COc1ccc(-c2occ(C)c2Cl)cc1OC. The van der Waals surface area contributed by atoms with Crippen LogP contribution in [0, 0.1) is 6.92 Å². The number of hydrogen-bond acceptors (Lipinski definition) is 3. The average molecular weight is 253 g/mol. The molecule has 2 aromatic rings. The average Bonchev–Trinajstić information content (AvgIpc) is 2.69. The van der Waals surface area contributed by atoms with Gasteiger partial charge in [-0.05, 0) is 25.1 Å². The molecule has 0 unspecified atom stereocenters. The zero-order valence-electron chi connectivity index (χ0n) is 9.91. The van der Waals surface area contributed by atoms with Crippen molar-refractivity contribution in [3.8, 4) is 22.8 Å². The van der Waals surface area contributed by atoms with Gasteiger partial charge in [-0.3, -0.25) is 0 Å². The van der Waals surface area contributed by atoms with Crippen LogP contribution in [0.5, 0.6) is 11.5 Å².